The summed E-state index contributed by atoms with van der Waals surface area (Å²) in [6, 6.07) is 13.6. The van der Waals surface area contributed by atoms with Crippen molar-refractivity contribution in [3.05, 3.63) is 48.0 Å². The van der Waals surface area contributed by atoms with Crippen LogP contribution in [0.5, 0.6) is 0 Å². The maximum Gasteiger partial charge on any atom is 0.374 e. The number of esters is 1. The van der Waals surface area contributed by atoms with E-state index in [0.717, 1.165) is 16.3 Å². The predicted molar refractivity (Wildman–Crippen MR) is 64.7 cm³/mol. The zero-order valence-corrected chi connectivity index (χ0v) is 9.47. The van der Waals surface area contributed by atoms with Gasteiger partial charge in [-0.2, -0.15) is 0 Å². The summed E-state index contributed by atoms with van der Waals surface area (Å²) in [6.07, 6.45) is 0.0809. The molecule has 0 fully saturated rings. The quantitative estimate of drug-likeness (QED) is 0.597. The standard InChI is InChI=1S/C14H12O3/c1-17-14(16)13(15)9-10-6-7-11-4-2-3-5-12(11)8-10/h2-8H,9H2,1H3. The summed E-state index contributed by atoms with van der Waals surface area (Å²) < 4.78 is 4.38. The van der Waals surface area contributed by atoms with Gasteiger partial charge in [0.25, 0.3) is 0 Å². The van der Waals surface area contributed by atoms with E-state index >= 15 is 0 Å². The number of methoxy groups -OCH3 is 1. The molecule has 86 valence electrons. The number of Topliss-reactive ketones (excluding diaryl/α,β-unsaturated/α-hetero) is 1. The highest BCUT2D eigenvalue weighted by molar-refractivity contribution is 6.34. The summed E-state index contributed by atoms with van der Waals surface area (Å²) in [5, 5.41) is 2.17. The second-order valence-electron chi connectivity index (χ2n) is 3.77. The van der Waals surface area contributed by atoms with Crippen molar-refractivity contribution in [2.45, 2.75) is 6.42 Å². The minimum atomic E-state index is -0.793. The third kappa shape index (κ3) is 2.50. The highest BCUT2D eigenvalue weighted by Crippen LogP contribution is 2.16. The van der Waals surface area contributed by atoms with Gasteiger partial charge in [-0.3, -0.25) is 4.79 Å². The summed E-state index contributed by atoms with van der Waals surface area (Å²) in [5.74, 6) is -1.32. The lowest BCUT2D eigenvalue weighted by Gasteiger charge is -2.02. The molecule has 17 heavy (non-hydrogen) atoms. The van der Waals surface area contributed by atoms with Crippen LogP contribution in [0.15, 0.2) is 42.5 Å². The normalized spacial score (nSPS) is 10.2. The number of hydrogen-bond acceptors (Lipinski definition) is 3. The molecule has 2 rings (SSSR count). The number of rotatable bonds is 3. The number of ether oxygens (including phenoxy) is 1. The second-order valence-corrected chi connectivity index (χ2v) is 3.77. The predicted octanol–water partition coefficient (Wildman–Crippen LogP) is 2.12. The van der Waals surface area contributed by atoms with Crippen LogP contribution < -0.4 is 0 Å². The largest absolute Gasteiger partial charge is 0.463 e. The van der Waals surface area contributed by atoms with E-state index in [1.807, 2.05) is 42.5 Å². The first-order valence-corrected chi connectivity index (χ1v) is 5.29. The van der Waals surface area contributed by atoms with Crippen molar-refractivity contribution in [3.8, 4) is 0 Å². The molecular weight excluding hydrogens is 216 g/mol. The molecule has 0 aromatic heterocycles. The van der Waals surface area contributed by atoms with Gasteiger partial charge in [0.15, 0.2) is 0 Å². The summed E-state index contributed by atoms with van der Waals surface area (Å²) >= 11 is 0. The molecule has 2 aromatic carbocycles. The minimum absolute atomic E-state index is 0.0809. The average Bonchev–Trinajstić information content (AvgIpc) is 2.37. The van der Waals surface area contributed by atoms with Gasteiger partial charge in [-0.25, -0.2) is 4.79 Å². The second kappa shape index (κ2) is 4.78. The Morgan fingerprint density at radius 1 is 1.06 bits per heavy atom. The van der Waals surface area contributed by atoms with Crippen LogP contribution in [0.1, 0.15) is 5.56 Å². The molecule has 0 aliphatic heterocycles. The van der Waals surface area contributed by atoms with E-state index in [0.29, 0.717) is 0 Å². The smallest absolute Gasteiger partial charge is 0.374 e. The Morgan fingerprint density at radius 3 is 2.47 bits per heavy atom. The molecule has 0 aliphatic carbocycles. The van der Waals surface area contributed by atoms with Gasteiger partial charge in [-0.05, 0) is 16.3 Å². The van der Waals surface area contributed by atoms with Crippen molar-refractivity contribution in [2.24, 2.45) is 0 Å². The van der Waals surface area contributed by atoms with Crippen LogP contribution in [0.4, 0.5) is 0 Å². The van der Waals surface area contributed by atoms with Gasteiger partial charge < -0.3 is 4.74 Å². The van der Waals surface area contributed by atoms with E-state index in [-0.39, 0.29) is 6.42 Å². The summed E-state index contributed by atoms with van der Waals surface area (Å²) in [5.41, 5.74) is 0.819. The highest BCUT2D eigenvalue weighted by atomic mass is 16.5. The summed E-state index contributed by atoms with van der Waals surface area (Å²) in [7, 11) is 1.21. The molecule has 0 atom stereocenters. The average molecular weight is 228 g/mol. The topological polar surface area (TPSA) is 43.4 Å². The van der Waals surface area contributed by atoms with E-state index in [1.54, 1.807) is 0 Å². The van der Waals surface area contributed by atoms with Crippen LogP contribution in [-0.4, -0.2) is 18.9 Å². The zero-order chi connectivity index (χ0) is 12.3. The molecule has 0 heterocycles. The van der Waals surface area contributed by atoms with Crippen molar-refractivity contribution >= 4 is 22.5 Å². The molecule has 0 unspecified atom stereocenters. The van der Waals surface area contributed by atoms with Gasteiger partial charge in [0.2, 0.25) is 5.78 Å². The number of benzene rings is 2. The lowest BCUT2D eigenvalue weighted by molar-refractivity contribution is -0.151. The van der Waals surface area contributed by atoms with Crippen LogP contribution >= 0.6 is 0 Å². The van der Waals surface area contributed by atoms with E-state index in [2.05, 4.69) is 4.74 Å². The Kier molecular flexibility index (Phi) is 3.19. The number of ketones is 1. The monoisotopic (exact) mass is 228 g/mol. The number of carbonyl (C=O) groups is 2. The molecule has 0 N–H and O–H groups in total. The van der Waals surface area contributed by atoms with E-state index in [1.165, 1.54) is 7.11 Å². The SMILES string of the molecule is COC(=O)C(=O)Cc1ccc2ccccc2c1. The van der Waals surface area contributed by atoms with Gasteiger partial charge in [0.05, 0.1) is 7.11 Å². The highest BCUT2D eigenvalue weighted by Gasteiger charge is 2.14. The first-order chi connectivity index (χ1) is 8.20. The Morgan fingerprint density at radius 2 is 1.76 bits per heavy atom. The minimum Gasteiger partial charge on any atom is -0.463 e. The molecule has 0 saturated heterocycles. The lowest BCUT2D eigenvalue weighted by Crippen LogP contribution is -2.17. The lowest BCUT2D eigenvalue weighted by atomic mass is 10.0. The molecule has 0 aliphatic rings. The molecule has 0 bridgehead atoms. The molecule has 0 amide bonds. The Labute approximate surface area is 99.0 Å². The zero-order valence-electron chi connectivity index (χ0n) is 9.47. The van der Waals surface area contributed by atoms with E-state index in [9.17, 15) is 9.59 Å². The van der Waals surface area contributed by atoms with Crippen molar-refractivity contribution in [3.63, 3.8) is 0 Å². The van der Waals surface area contributed by atoms with Crippen molar-refractivity contribution in [1.82, 2.24) is 0 Å². The number of fused-ring (bicyclic) bond motifs is 1. The Bertz CT molecular complexity index is 572. The summed E-state index contributed by atoms with van der Waals surface area (Å²) in [6.45, 7) is 0. The molecule has 3 nitrogen and oxygen atoms in total. The fourth-order valence-corrected chi connectivity index (χ4v) is 1.72. The fraction of sp³-hybridized carbons (Fsp3) is 0.143. The van der Waals surface area contributed by atoms with Crippen molar-refractivity contribution < 1.29 is 14.3 Å². The fourth-order valence-electron chi connectivity index (χ4n) is 1.72. The third-order valence-electron chi connectivity index (χ3n) is 2.59. The van der Waals surface area contributed by atoms with Gasteiger partial charge in [0, 0.05) is 6.42 Å². The van der Waals surface area contributed by atoms with Crippen LogP contribution in [0.3, 0.4) is 0 Å². The summed E-state index contributed by atoms with van der Waals surface area (Å²) in [4.78, 5) is 22.4. The Hall–Kier alpha value is -2.16. The van der Waals surface area contributed by atoms with Gasteiger partial charge in [0.1, 0.15) is 0 Å². The van der Waals surface area contributed by atoms with Crippen LogP contribution in [0.25, 0.3) is 10.8 Å². The van der Waals surface area contributed by atoms with Gasteiger partial charge >= 0.3 is 5.97 Å². The molecule has 0 saturated carbocycles. The van der Waals surface area contributed by atoms with Crippen LogP contribution in [0, 0.1) is 0 Å². The molecule has 3 heteroatoms. The molecule has 0 radical (unpaired) electrons. The van der Waals surface area contributed by atoms with Crippen LogP contribution in [-0.2, 0) is 20.7 Å². The Balaban J connectivity index is 2.25. The van der Waals surface area contributed by atoms with Crippen LogP contribution in [0.2, 0.25) is 0 Å². The van der Waals surface area contributed by atoms with Gasteiger partial charge in [-0.1, -0.05) is 42.5 Å². The molecule has 2 aromatic rings. The molecule has 0 spiro atoms. The van der Waals surface area contributed by atoms with Gasteiger partial charge in [-0.15, -0.1) is 0 Å². The number of carbonyl (C=O) groups excluding carboxylic acids is 2. The van der Waals surface area contributed by atoms with Crippen molar-refractivity contribution in [2.75, 3.05) is 7.11 Å². The van der Waals surface area contributed by atoms with Crippen molar-refractivity contribution in [1.29, 1.82) is 0 Å². The van der Waals surface area contributed by atoms with E-state index < -0.39 is 11.8 Å². The maximum atomic E-state index is 11.4. The first kappa shape index (κ1) is 11.3. The first-order valence-electron chi connectivity index (χ1n) is 5.29. The number of hydrogen-bond donors (Lipinski definition) is 0. The third-order valence-corrected chi connectivity index (χ3v) is 2.59. The molecular formula is C14H12O3. The van der Waals surface area contributed by atoms with E-state index in [4.69, 9.17) is 0 Å². The maximum absolute atomic E-state index is 11.4.